The second kappa shape index (κ2) is 5.38. The predicted octanol–water partition coefficient (Wildman–Crippen LogP) is 4.22. The van der Waals surface area contributed by atoms with Crippen LogP contribution in [0.15, 0.2) is 18.2 Å². The van der Waals surface area contributed by atoms with E-state index in [1.165, 1.54) is 16.8 Å². The number of nitrogens with zero attached hydrogens (tertiary/aromatic N) is 1. The second-order valence-electron chi connectivity index (χ2n) is 5.06. The lowest BCUT2D eigenvalue weighted by atomic mass is 9.93. The van der Waals surface area contributed by atoms with Gasteiger partial charge in [-0.2, -0.15) is 0 Å². The van der Waals surface area contributed by atoms with Crippen molar-refractivity contribution in [1.29, 1.82) is 0 Å². The molecule has 0 saturated carbocycles. The lowest BCUT2D eigenvalue weighted by molar-refractivity contribution is 0.745. The lowest BCUT2D eigenvalue weighted by Gasteiger charge is -2.28. The third-order valence-corrected chi connectivity index (χ3v) is 3.32. The van der Waals surface area contributed by atoms with E-state index in [9.17, 15) is 0 Å². The Morgan fingerprint density at radius 2 is 1.75 bits per heavy atom. The zero-order valence-electron chi connectivity index (χ0n) is 11.5. The maximum atomic E-state index is 2.37. The molecular formula is C15H25N. The van der Waals surface area contributed by atoms with Crippen LogP contribution in [0.5, 0.6) is 0 Å². The zero-order chi connectivity index (χ0) is 12.3. The SMILES string of the molecule is CCc1c(C(C)C)cccc1N(C)C(C)C. The van der Waals surface area contributed by atoms with Crippen molar-refractivity contribution in [3.63, 3.8) is 0 Å². The monoisotopic (exact) mass is 219 g/mol. The molecule has 0 atom stereocenters. The van der Waals surface area contributed by atoms with E-state index in [1.807, 2.05) is 0 Å². The van der Waals surface area contributed by atoms with E-state index < -0.39 is 0 Å². The largest absolute Gasteiger partial charge is 0.372 e. The zero-order valence-corrected chi connectivity index (χ0v) is 11.5. The summed E-state index contributed by atoms with van der Waals surface area (Å²) in [6.07, 6.45) is 1.11. The maximum absolute atomic E-state index is 2.37. The summed E-state index contributed by atoms with van der Waals surface area (Å²) in [6, 6.07) is 7.24. The van der Waals surface area contributed by atoms with Gasteiger partial charge in [-0.05, 0) is 43.4 Å². The summed E-state index contributed by atoms with van der Waals surface area (Å²) in [4.78, 5) is 2.37. The highest BCUT2D eigenvalue weighted by Gasteiger charge is 2.13. The number of hydrogen-bond acceptors (Lipinski definition) is 1. The third kappa shape index (κ3) is 2.58. The number of hydrogen-bond donors (Lipinski definition) is 0. The van der Waals surface area contributed by atoms with Crippen molar-refractivity contribution in [2.75, 3.05) is 11.9 Å². The quantitative estimate of drug-likeness (QED) is 0.733. The van der Waals surface area contributed by atoms with Gasteiger partial charge in [0.1, 0.15) is 0 Å². The molecule has 1 nitrogen and oxygen atoms in total. The fraction of sp³-hybridized carbons (Fsp3) is 0.600. The molecule has 0 N–H and O–H groups in total. The molecule has 0 aliphatic carbocycles. The van der Waals surface area contributed by atoms with Crippen molar-refractivity contribution >= 4 is 5.69 Å². The molecular weight excluding hydrogens is 194 g/mol. The Hall–Kier alpha value is -0.980. The molecule has 0 radical (unpaired) electrons. The first-order chi connectivity index (χ1) is 7.49. The van der Waals surface area contributed by atoms with Crippen LogP contribution in [-0.4, -0.2) is 13.1 Å². The van der Waals surface area contributed by atoms with Gasteiger partial charge in [0.05, 0.1) is 0 Å². The van der Waals surface area contributed by atoms with Crippen LogP contribution in [0, 0.1) is 0 Å². The van der Waals surface area contributed by atoms with Gasteiger partial charge in [0.15, 0.2) is 0 Å². The predicted molar refractivity (Wildman–Crippen MR) is 73.4 cm³/mol. The highest BCUT2D eigenvalue weighted by Crippen LogP contribution is 2.29. The molecule has 0 aliphatic heterocycles. The fourth-order valence-corrected chi connectivity index (χ4v) is 2.13. The summed E-state index contributed by atoms with van der Waals surface area (Å²) in [5.74, 6) is 0.607. The lowest BCUT2D eigenvalue weighted by Crippen LogP contribution is -2.27. The van der Waals surface area contributed by atoms with Crippen molar-refractivity contribution < 1.29 is 0 Å². The topological polar surface area (TPSA) is 3.24 Å². The Labute approximate surface area is 100 Å². The first kappa shape index (κ1) is 13.1. The summed E-state index contributed by atoms with van der Waals surface area (Å²) in [7, 11) is 2.18. The second-order valence-corrected chi connectivity index (χ2v) is 5.06. The van der Waals surface area contributed by atoms with Gasteiger partial charge in [-0.1, -0.05) is 32.9 Å². The molecule has 1 heteroatoms. The van der Waals surface area contributed by atoms with Crippen molar-refractivity contribution in [3.8, 4) is 0 Å². The highest BCUT2D eigenvalue weighted by atomic mass is 15.1. The van der Waals surface area contributed by atoms with Crippen LogP contribution in [-0.2, 0) is 6.42 Å². The summed E-state index contributed by atoms with van der Waals surface area (Å²) in [5, 5.41) is 0. The minimum Gasteiger partial charge on any atom is -0.372 e. The molecule has 1 rings (SSSR count). The van der Waals surface area contributed by atoms with Gasteiger partial charge in [0.2, 0.25) is 0 Å². The molecule has 0 spiro atoms. The van der Waals surface area contributed by atoms with Crippen LogP contribution in [0.4, 0.5) is 5.69 Å². The van der Waals surface area contributed by atoms with E-state index in [0.717, 1.165) is 6.42 Å². The van der Waals surface area contributed by atoms with Gasteiger partial charge >= 0.3 is 0 Å². The fourth-order valence-electron chi connectivity index (χ4n) is 2.13. The maximum Gasteiger partial charge on any atom is 0.0401 e. The molecule has 1 aromatic carbocycles. The minimum atomic E-state index is 0.549. The normalized spacial score (nSPS) is 11.2. The van der Waals surface area contributed by atoms with Crippen LogP contribution >= 0.6 is 0 Å². The van der Waals surface area contributed by atoms with Gasteiger partial charge in [0, 0.05) is 18.8 Å². The van der Waals surface area contributed by atoms with Crippen molar-refractivity contribution in [3.05, 3.63) is 29.3 Å². The summed E-state index contributed by atoms with van der Waals surface area (Å²) >= 11 is 0. The van der Waals surface area contributed by atoms with Gasteiger partial charge in [0.25, 0.3) is 0 Å². The summed E-state index contributed by atoms with van der Waals surface area (Å²) < 4.78 is 0. The van der Waals surface area contributed by atoms with E-state index in [1.54, 1.807) is 0 Å². The molecule has 0 heterocycles. The van der Waals surface area contributed by atoms with E-state index in [4.69, 9.17) is 0 Å². The Bertz CT molecular complexity index is 339. The molecule has 0 fully saturated rings. The van der Waals surface area contributed by atoms with Crippen molar-refractivity contribution in [1.82, 2.24) is 0 Å². The van der Waals surface area contributed by atoms with Crippen LogP contribution < -0.4 is 4.90 Å². The first-order valence-corrected chi connectivity index (χ1v) is 6.33. The van der Waals surface area contributed by atoms with E-state index in [2.05, 4.69) is 64.8 Å². The Kier molecular flexibility index (Phi) is 4.40. The van der Waals surface area contributed by atoms with Gasteiger partial charge < -0.3 is 4.90 Å². The standard InChI is InChI=1S/C15H25N/c1-7-13-14(11(2)3)9-8-10-15(13)16(6)12(4)5/h8-12H,7H2,1-6H3. The third-order valence-electron chi connectivity index (χ3n) is 3.32. The minimum absolute atomic E-state index is 0.549. The molecule has 0 aliphatic rings. The molecule has 1 aromatic rings. The number of anilines is 1. The Morgan fingerprint density at radius 3 is 2.19 bits per heavy atom. The van der Waals surface area contributed by atoms with Gasteiger partial charge in [-0.3, -0.25) is 0 Å². The Balaban J connectivity index is 3.24. The van der Waals surface area contributed by atoms with Crippen LogP contribution in [0.25, 0.3) is 0 Å². The molecule has 0 unspecified atom stereocenters. The Morgan fingerprint density at radius 1 is 1.12 bits per heavy atom. The van der Waals surface area contributed by atoms with Gasteiger partial charge in [-0.15, -0.1) is 0 Å². The highest BCUT2D eigenvalue weighted by molar-refractivity contribution is 5.57. The average molecular weight is 219 g/mol. The van der Waals surface area contributed by atoms with Crippen molar-refractivity contribution in [2.24, 2.45) is 0 Å². The van der Waals surface area contributed by atoms with E-state index in [-0.39, 0.29) is 0 Å². The van der Waals surface area contributed by atoms with Crippen LogP contribution in [0.3, 0.4) is 0 Å². The number of benzene rings is 1. The summed E-state index contributed by atoms with van der Waals surface area (Å²) in [6.45, 7) is 11.3. The molecule has 0 amide bonds. The number of rotatable bonds is 4. The van der Waals surface area contributed by atoms with Crippen LogP contribution in [0.2, 0.25) is 0 Å². The summed E-state index contributed by atoms with van der Waals surface area (Å²) in [5.41, 5.74) is 4.39. The molecule has 16 heavy (non-hydrogen) atoms. The van der Waals surface area contributed by atoms with Crippen molar-refractivity contribution in [2.45, 2.75) is 53.0 Å². The average Bonchev–Trinajstić information content (AvgIpc) is 2.26. The molecule has 0 aromatic heterocycles. The molecule has 90 valence electrons. The first-order valence-electron chi connectivity index (χ1n) is 6.33. The van der Waals surface area contributed by atoms with Crippen LogP contribution in [0.1, 0.15) is 51.7 Å². The van der Waals surface area contributed by atoms with E-state index in [0.29, 0.717) is 12.0 Å². The van der Waals surface area contributed by atoms with E-state index >= 15 is 0 Å². The molecule has 0 bridgehead atoms. The molecule has 0 saturated heterocycles. The smallest absolute Gasteiger partial charge is 0.0401 e. The van der Waals surface area contributed by atoms with Gasteiger partial charge in [-0.25, -0.2) is 0 Å².